The van der Waals surface area contributed by atoms with Crippen molar-refractivity contribution in [1.29, 1.82) is 0 Å². The molecule has 7 nitrogen and oxygen atoms in total. The van der Waals surface area contributed by atoms with Crippen LogP contribution in [-0.4, -0.2) is 14.9 Å². The third-order valence-electron chi connectivity index (χ3n) is 3.33. The van der Waals surface area contributed by atoms with Gasteiger partial charge in [0, 0.05) is 15.7 Å². The Kier molecular flexibility index (Phi) is 5.20. The molecule has 0 amide bonds. The minimum absolute atomic E-state index is 0.0366. The minimum atomic E-state index is -0.613. The molecular weight excluding hydrogens is 379 g/mol. The first-order valence-electron chi connectivity index (χ1n) is 7.39. The third kappa shape index (κ3) is 4.19. The third-order valence-corrected chi connectivity index (χ3v) is 3.77. The Balaban J connectivity index is 1.98. The summed E-state index contributed by atoms with van der Waals surface area (Å²) in [6, 6.07) is 11.7. The molecule has 132 valence electrons. The van der Waals surface area contributed by atoms with E-state index in [9.17, 15) is 10.1 Å². The summed E-state index contributed by atoms with van der Waals surface area (Å²) in [6.07, 6.45) is 1.17. The number of rotatable bonds is 5. The second kappa shape index (κ2) is 7.55. The van der Waals surface area contributed by atoms with E-state index in [1.54, 1.807) is 30.3 Å². The van der Waals surface area contributed by atoms with Gasteiger partial charge in [-0.2, -0.15) is 4.98 Å². The van der Waals surface area contributed by atoms with Crippen molar-refractivity contribution >= 4 is 40.4 Å². The van der Waals surface area contributed by atoms with E-state index in [0.717, 1.165) is 5.56 Å². The Bertz CT molecular complexity index is 944. The summed E-state index contributed by atoms with van der Waals surface area (Å²) < 4.78 is 5.57. The Morgan fingerprint density at radius 3 is 2.35 bits per heavy atom. The summed E-state index contributed by atoms with van der Waals surface area (Å²) in [7, 11) is 0. The van der Waals surface area contributed by atoms with Gasteiger partial charge in [-0.15, -0.1) is 0 Å². The Morgan fingerprint density at radius 1 is 1.08 bits per heavy atom. The summed E-state index contributed by atoms with van der Waals surface area (Å²) in [5.74, 6) is 0.212. The van der Waals surface area contributed by atoms with Crippen LogP contribution in [0.3, 0.4) is 0 Å². The average molecular weight is 391 g/mol. The van der Waals surface area contributed by atoms with Gasteiger partial charge in [0.25, 0.3) is 0 Å². The zero-order valence-electron chi connectivity index (χ0n) is 13.4. The normalized spacial score (nSPS) is 10.4. The lowest BCUT2D eigenvalue weighted by molar-refractivity contribution is -0.385. The summed E-state index contributed by atoms with van der Waals surface area (Å²) in [5.41, 5.74) is 1.09. The number of anilines is 2. The van der Waals surface area contributed by atoms with E-state index >= 15 is 0 Å². The molecule has 0 unspecified atom stereocenters. The molecule has 2 aromatic carbocycles. The quantitative estimate of drug-likeness (QED) is 0.454. The van der Waals surface area contributed by atoms with E-state index in [2.05, 4.69) is 15.3 Å². The van der Waals surface area contributed by atoms with Crippen LogP contribution in [0.15, 0.2) is 48.8 Å². The highest BCUT2D eigenvalue weighted by Crippen LogP contribution is 2.36. The van der Waals surface area contributed by atoms with Crippen molar-refractivity contribution in [1.82, 2.24) is 9.97 Å². The smallest absolute Gasteiger partial charge is 0.373 e. The molecule has 1 N–H and O–H groups in total. The lowest BCUT2D eigenvalue weighted by atomic mass is 10.2. The molecule has 1 heterocycles. The first-order chi connectivity index (χ1) is 12.4. The SMILES string of the molecule is Cc1ccc(Oc2ncnc(Nc3cc(Cl)cc(Cl)c3)c2[N+](=O)[O-])cc1. The van der Waals surface area contributed by atoms with Gasteiger partial charge in [0.2, 0.25) is 5.82 Å². The zero-order chi connectivity index (χ0) is 18.7. The molecule has 1 aromatic heterocycles. The van der Waals surface area contributed by atoms with Crippen molar-refractivity contribution in [3.05, 3.63) is 74.5 Å². The molecule has 0 bridgehead atoms. The number of aromatic nitrogens is 2. The molecule has 3 aromatic rings. The summed E-state index contributed by atoms with van der Waals surface area (Å²) in [5, 5.41) is 15.2. The van der Waals surface area contributed by atoms with Gasteiger partial charge in [0.05, 0.1) is 4.92 Å². The number of nitro groups is 1. The highest BCUT2D eigenvalue weighted by molar-refractivity contribution is 6.35. The molecule has 0 aliphatic rings. The maximum Gasteiger partial charge on any atom is 0.373 e. The number of benzene rings is 2. The first-order valence-corrected chi connectivity index (χ1v) is 8.15. The molecule has 0 fully saturated rings. The molecular formula is C17H12Cl2N4O3. The van der Waals surface area contributed by atoms with E-state index in [1.165, 1.54) is 6.33 Å². The van der Waals surface area contributed by atoms with Crippen LogP contribution in [0.25, 0.3) is 0 Å². The maximum atomic E-state index is 11.6. The van der Waals surface area contributed by atoms with Crippen LogP contribution in [0.4, 0.5) is 17.2 Å². The number of aryl methyl sites for hydroxylation is 1. The molecule has 0 radical (unpaired) electrons. The molecule has 0 aliphatic heterocycles. The van der Waals surface area contributed by atoms with Gasteiger partial charge in [-0.05, 0) is 37.3 Å². The van der Waals surface area contributed by atoms with Gasteiger partial charge in [-0.1, -0.05) is 40.9 Å². The predicted octanol–water partition coefficient (Wildman–Crippen LogP) is 5.54. The largest absolute Gasteiger partial charge is 0.434 e. The van der Waals surface area contributed by atoms with Crippen molar-refractivity contribution < 1.29 is 9.66 Å². The van der Waals surface area contributed by atoms with Crippen LogP contribution in [0.5, 0.6) is 11.6 Å². The van der Waals surface area contributed by atoms with Crippen molar-refractivity contribution in [2.45, 2.75) is 6.92 Å². The number of ether oxygens (including phenoxy) is 1. The topological polar surface area (TPSA) is 90.2 Å². The van der Waals surface area contributed by atoms with Crippen LogP contribution in [0, 0.1) is 17.0 Å². The van der Waals surface area contributed by atoms with Gasteiger partial charge in [0.15, 0.2) is 0 Å². The van der Waals surface area contributed by atoms with Crippen molar-refractivity contribution in [3.63, 3.8) is 0 Å². The maximum absolute atomic E-state index is 11.6. The van der Waals surface area contributed by atoms with E-state index in [0.29, 0.717) is 21.5 Å². The molecule has 0 saturated carbocycles. The van der Waals surface area contributed by atoms with Crippen LogP contribution in [0.2, 0.25) is 10.0 Å². The molecule has 0 saturated heterocycles. The summed E-state index contributed by atoms with van der Waals surface area (Å²) in [4.78, 5) is 18.8. The molecule has 0 atom stereocenters. The standard InChI is InChI=1S/C17H12Cl2N4O3/c1-10-2-4-14(5-3-10)26-17-15(23(24)25)16(20-9-21-17)22-13-7-11(18)6-12(19)8-13/h2-9H,1H3,(H,20,21,22). The predicted molar refractivity (Wildman–Crippen MR) is 99.7 cm³/mol. The number of nitrogens with zero attached hydrogens (tertiary/aromatic N) is 3. The number of hydrogen-bond donors (Lipinski definition) is 1. The van der Waals surface area contributed by atoms with E-state index in [-0.39, 0.29) is 11.7 Å². The van der Waals surface area contributed by atoms with E-state index < -0.39 is 10.6 Å². The number of hydrogen-bond acceptors (Lipinski definition) is 6. The van der Waals surface area contributed by atoms with Gasteiger partial charge in [-0.25, -0.2) is 4.98 Å². The minimum Gasteiger partial charge on any atom is -0.434 e. The van der Waals surface area contributed by atoms with Gasteiger partial charge < -0.3 is 10.1 Å². The average Bonchev–Trinajstić information content (AvgIpc) is 2.56. The van der Waals surface area contributed by atoms with Gasteiger partial charge in [-0.3, -0.25) is 10.1 Å². The molecule has 26 heavy (non-hydrogen) atoms. The van der Waals surface area contributed by atoms with E-state index in [1.807, 2.05) is 19.1 Å². The van der Waals surface area contributed by atoms with Gasteiger partial charge >= 0.3 is 11.6 Å². The second-order valence-corrected chi connectivity index (χ2v) is 6.20. The molecule has 0 spiro atoms. The Hall–Kier alpha value is -2.90. The van der Waals surface area contributed by atoms with Crippen molar-refractivity contribution in [3.8, 4) is 11.6 Å². The molecule has 0 aliphatic carbocycles. The lowest BCUT2D eigenvalue weighted by Crippen LogP contribution is -2.03. The van der Waals surface area contributed by atoms with Crippen molar-refractivity contribution in [2.24, 2.45) is 0 Å². The monoisotopic (exact) mass is 390 g/mol. The highest BCUT2D eigenvalue weighted by Gasteiger charge is 2.25. The lowest BCUT2D eigenvalue weighted by Gasteiger charge is -2.10. The van der Waals surface area contributed by atoms with Crippen LogP contribution >= 0.6 is 23.2 Å². The Morgan fingerprint density at radius 2 is 1.73 bits per heavy atom. The number of halogens is 2. The first kappa shape index (κ1) is 17.9. The van der Waals surface area contributed by atoms with Crippen molar-refractivity contribution in [2.75, 3.05) is 5.32 Å². The molecule has 9 heteroatoms. The molecule has 3 rings (SSSR count). The summed E-state index contributed by atoms with van der Waals surface area (Å²) >= 11 is 11.9. The summed E-state index contributed by atoms with van der Waals surface area (Å²) in [6.45, 7) is 1.93. The fourth-order valence-corrected chi connectivity index (χ4v) is 2.70. The number of nitrogens with one attached hydrogen (secondary N) is 1. The zero-order valence-corrected chi connectivity index (χ0v) is 15.0. The fraction of sp³-hybridized carbons (Fsp3) is 0.0588. The second-order valence-electron chi connectivity index (χ2n) is 5.33. The van der Waals surface area contributed by atoms with Gasteiger partial charge in [0.1, 0.15) is 12.1 Å². The van der Waals surface area contributed by atoms with Crippen LogP contribution in [-0.2, 0) is 0 Å². The highest BCUT2D eigenvalue weighted by atomic mass is 35.5. The van der Waals surface area contributed by atoms with Crippen LogP contribution < -0.4 is 10.1 Å². The fourth-order valence-electron chi connectivity index (χ4n) is 2.17. The van der Waals surface area contributed by atoms with E-state index in [4.69, 9.17) is 27.9 Å². The van der Waals surface area contributed by atoms with Crippen LogP contribution in [0.1, 0.15) is 5.56 Å². The Labute approximate surface area is 158 Å².